The van der Waals surface area contributed by atoms with Gasteiger partial charge in [0.1, 0.15) is 0 Å². The van der Waals surface area contributed by atoms with E-state index in [0.29, 0.717) is 0 Å². The summed E-state index contributed by atoms with van der Waals surface area (Å²) in [5.41, 5.74) is 14.8. The first-order chi connectivity index (χ1) is 23.6. The second-order valence-corrected chi connectivity index (χ2v) is 13.7. The summed E-state index contributed by atoms with van der Waals surface area (Å²) in [6, 6.07) is 53.2. The lowest BCUT2D eigenvalue weighted by Gasteiger charge is -2.23. The Labute approximate surface area is 277 Å². The Morgan fingerprint density at radius 2 is 1.06 bits per heavy atom. The van der Waals surface area contributed by atoms with Crippen molar-refractivity contribution in [3.05, 3.63) is 157 Å². The number of para-hydroxylation sites is 6. The lowest BCUT2D eigenvalue weighted by molar-refractivity contribution is 0.476. The number of hydrogen-bond acceptors (Lipinski definition) is 1. The molecule has 2 aromatic heterocycles. The molecule has 1 aliphatic carbocycles. The van der Waals surface area contributed by atoms with Gasteiger partial charge in [-0.1, -0.05) is 111 Å². The summed E-state index contributed by atoms with van der Waals surface area (Å²) in [6.07, 6.45) is 0. The first-order valence-corrected chi connectivity index (χ1v) is 16.7. The lowest BCUT2D eigenvalue weighted by atomic mass is 9.81. The molecule has 0 unspecified atom stereocenters. The van der Waals surface area contributed by atoms with Crippen LogP contribution in [0.2, 0.25) is 0 Å². The van der Waals surface area contributed by atoms with E-state index in [4.69, 9.17) is 4.74 Å². The van der Waals surface area contributed by atoms with Crippen LogP contribution < -0.4 is 4.74 Å². The van der Waals surface area contributed by atoms with Crippen molar-refractivity contribution in [3.63, 3.8) is 0 Å². The van der Waals surface area contributed by atoms with Crippen molar-refractivity contribution in [3.8, 4) is 45.1 Å². The van der Waals surface area contributed by atoms with Crippen molar-refractivity contribution in [1.29, 1.82) is 0 Å². The van der Waals surface area contributed by atoms with Gasteiger partial charge < -0.3 is 13.9 Å². The van der Waals surface area contributed by atoms with Gasteiger partial charge in [0.2, 0.25) is 0 Å². The highest BCUT2D eigenvalue weighted by atomic mass is 16.5. The molecule has 0 atom stereocenters. The van der Waals surface area contributed by atoms with Crippen LogP contribution in [0, 0.1) is 0 Å². The monoisotopic (exact) mass is 614 g/mol. The average molecular weight is 615 g/mol. The van der Waals surface area contributed by atoms with E-state index in [0.717, 1.165) is 22.7 Å². The normalized spacial score (nSPS) is 14.0. The Morgan fingerprint density at radius 3 is 1.85 bits per heavy atom. The smallest absolute Gasteiger partial charge is 0.152 e. The zero-order chi connectivity index (χ0) is 31.7. The van der Waals surface area contributed by atoms with Gasteiger partial charge in [0.15, 0.2) is 11.5 Å². The van der Waals surface area contributed by atoms with Crippen LogP contribution in [0.25, 0.3) is 77.2 Å². The van der Waals surface area contributed by atoms with Crippen LogP contribution >= 0.6 is 0 Å². The van der Waals surface area contributed by atoms with Crippen molar-refractivity contribution in [2.75, 3.05) is 0 Å². The molecule has 0 fully saturated rings. The van der Waals surface area contributed by atoms with E-state index >= 15 is 0 Å². The molecular formula is C45H30N2O. The van der Waals surface area contributed by atoms with Crippen LogP contribution in [-0.4, -0.2) is 9.13 Å². The zero-order valence-electron chi connectivity index (χ0n) is 26.7. The van der Waals surface area contributed by atoms with Gasteiger partial charge in [-0.2, -0.15) is 0 Å². The Morgan fingerprint density at radius 1 is 0.458 bits per heavy atom. The first-order valence-electron chi connectivity index (χ1n) is 16.7. The fourth-order valence-electron chi connectivity index (χ4n) is 8.72. The topological polar surface area (TPSA) is 19.1 Å². The third kappa shape index (κ3) is 3.23. The number of rotatable bonds is 2. The van der Waals surface area contributed by atoms with E-state index in [1.165, 1.54) is 77.2 Å². The van der Waals surface area contributed by atoms with E-state index < -0.39 is 0 Å². The van der Waals surface area contributed by atoms with Gasteiger partial charge in [-0.3, -0.25) is 0 Å². The predicted molar refractivity (Wildman–Crippen MR) is 198 cm³/mol. The third-order valence-corrected chi connectivity index (χ3v) is 10.9. The van der Waals surface area contributed by atoms with Crippen LogP contribution in [-0.2, 0) is 5.41 Å². The average Bonchev–Trinajstić information content (AvgIpc) is 3.73. The number of aromatic nitrogens is 2. The highest BCUT2D eigenvalue weighted by Crippen LogP contribution is 2.52. The molecule has 0 saturated heterocycles. The first kappa shape index (κ1) is 26.1. The maximum absolute atomic E-state index is 6.41. The molecule has 9 aromatic rings. The molecule has 48 heavy (non-hydrogen) atoms. The lowest BCUT2D eigenvalue weighted by Crippen LogP contribution is -2.15. The molecular weight excluding hydrogens is 585 g/mol. The Kier molecular flexibility index (Phi) is 4.91. The summed E-state index contributed by atoms with van der Waals surface area (Å²) in [7, 11) is 0. The van der Waals surface area contributed by atoms with Crippen LogP contribution in [0.15, 0.2) is 146 Å². The maximum Gasteiger partial charge on any atom is 0.152 e. The minimum absolute atomic E-state index is 0.172. The highest BCUT2D eigenvalue weighted by Gasteiger charge is 2.36. The second kappa shape index (κ2) is 9.05. The van der Waals surface area contributed by atoms with Gasteiger partial charge in [-0.15, -0.1) is 0 Å². The number of hydrogen-bond donors (Lipinski definition) is 0. The number of benzene rings is 7. The molecule has 11 rings (SSSR count). The van der Waals surface area contributed by atoms with Crippen molar-refractivity contribution in [1.82, 2.24) is 9.13 Å². The standard InChI is InChI=1S/C45H30N2O/c1-45(2)36-25-27(29-13-9-14-34-35-15-10-20-42-44(35)47(43(29)34)40-18-7-8-19-41(40)48-42)21-23-30(36)31-24-22-28(26-37(31)45)46-38-16-5-3-11-32(38)33-12-4-6-17-39(33)46/h3-26H,1-2H3. The molecule has 1 aliphatic heterocycles. The van der Waals surface area contributed by atoms with Crippen LogP contribution in [0.3, 0.4) is 0 Å². The number of ether oxygens (including phenoxy) is 1. The summed E-state index contributed by atoms with van der Waals surface area (Å²) in [5.74, 6) is 1.78. The molecule has 3 nitrogen and oxygen atoms in total. The van der Waals surface area contributed by atoms with Crippen LogP contribution in [0.1, 0.15) is 25.0 Å². The minimum atomic E-state index is -0.172. The number of fused-ring (bicyclic) bond motifs is 11. The summed E-state index contributed by atoms with van der Waals surface area (Å²) >= 11 is 0. The minimum Gasteiger partial charge on any atom is -0.453 e. The van der Waals surface area contributed by atoms with Crippen molar-refractivity contribution in [2.24, 2.45) is 0 Å². The Bertz CT molecular complexity index is 2790. The molecule has 0 N–H and O–H groups in total. The summed E-state index contributed by atoms with van der Waals surface area (Å²) < 4.78 is 11.3. The molecule has 0 bridgehead atoms. The van der Waals surface area contributed by atoms with Crippen molar-refractivity contribution < 1.29 is 4.74 Å². The summed E-state index contributed by atoms with van der Waals surface area (Å²) in [5, 5.41) is 5.02. The maximum atomic E-state index is 6.41. The Hall–Kier alpha value is -6.06. The van der Waals surface area contributed by atoms with Gasteiger partial charge in [-0.05, 0) is 76.3 Å². The van der Waals surface area contributed by atoms with Gasteiger partial charge in [-0.25, -0.2) is 0 Å². The third-order valence-electron chi connectivity index (χ3n) is 10.9. The molecule has 226 valence electrons. The van der Waals surface area contributed by atoms with E-state index in [1.54, 1.807) is 0 Å². The number of nitrogens with zero attached hydrogens (tertiary/aromatic N) is 2. The molecule has 3 heteroatoms. The van der Waals surface area contributed by atoms with Crippen LogP contribution in [0.5, 0.6) is 11.5 Å². The SMILES string of the molecule is CC1(C)c2cc(-c3cccc4c5cccc6c5n(c34)-c3ccccc3O6)ccc2-c2ccc(-n3c4ccccc4c4ccccc43)cc21. The van der Waals surface area contributed by atoms with E-state index in [1.807, 2.05) is 6.07 Å². The predicted octanol–water partition coefficient (Wildman–Crippen LogP) is 12.0. The van der Waals surface area contributed by atoms with E-state index in [9.17, 15) is 0 Å². The van der Waals surface area contributed by atoms with Gasteiger partial charge >= 0.3 is 0 Å². The molecule has 0 spiro atoms. The molecule has 0 radical (unpaired) electrons. The molecule has 2 aliphatic rings. The highest BCUT2D eigenvalue weighted by molar-refractivity contribution is 6.16. The van der Waals surface area contributed by atoms with E-state index in [2.05, 4.69) is 163 Å². The van der Waals surface area contributed by atoms with Crippen LogP contribution in [0.4, 0.5) is 0 Å². The van der Waals surface area contributed by atoms with Gasteiger partial charge in [0, 0.05) is 38.2 Å². The fourth-order valence-corrected chi connectivity index (χ4v) is 8.72. The van der Waals surface area contributed by atoms with Crippen molar-refractivity contribution >= 4 is 43.6 Å². The van der Waals surface area contributed by atoms with Gasteiger partial charge in [0.05, 0.1) is 27.8 Å². The van der Waals surface area contributed by atoms with Gasteiger partial charge in [0.25, 0.3) is 0 Å². The van der Waals surface area contributed by atoms with E-state index in [-0.39, 0.29) is 5.41 Å². The quantitative estimate of drug-likeness (QED) is 0.190. The molecule has 0 saturated carbocycles. The summed E-state index contributed by atoms with van der Waals surface area (Å²) in [6.45, 7) is 4.76. The molecule has 7 aromatic carbocycles. The molecule has 3 heterocycles. The zero-order valence-corrected chi connectivity index (χ0v) is 26.7. The fraction of sp³-hybridized carbons (Fsp3) is 0.0667. The van der Waals surface area contributed by atoms with Crippen molar-refractivity contribution in [2.45, 2.75) is 19.3 Å². The summed E-state index contributed by atoms with van der Waals surface area (Å²) in [4.78, 5) is 0. The Balaban J connectivity index is 1.11. The largest absolute Gasteiger partial charge is 0.453 e. The molecule has 0 amide bonds. The second-order valence-electron chi connectivity index (χ2n) is 13.7.